The monoisotopic (exact) mass is 474 g/mol. The van der Waals surface area contributed by atoms with Crippen molar-refractivity contribution in [3.63, 3.8) is 0 Å². The maximum absolute atomic E-state index is 13.2. The molecule has 0 aromatic carbocycles. The van der Waals surface area contributed by atoms with Gasteiger partial charge in [-0.05, 0) is 68.6 Å². The maximum atomic E-state index is 13.2. The van der Waals surface area contributed by atoms with Crippen LogP contribution in [-0.2, 0) is 16.0 Å². The molecule has 4 rings (SSSR count). The summed E-state index contributed by atoms with van der Waals surface area (Å²) in [5, 5.41) is 13.9. The van der Waals surface area contributed by atoms with Crippen LogP contribution in [0.1, 0.15) is 114 Å². The first kappa shape index (κ1) is 25.2. The number of amides is 2. The fourth-order valence-electron chi connectivity index (χ4n) is 6.04. The standard InChI is InChI=1S/C27H42N2O5/c1-4-27(2,3)17-18-10-11-20(15-18)24-23(19-7-5-8-19)22(28-34-24)16-21(9-6-13-30)25(31)29-12-14-33-26(29)32/h18-21,30H,4-17H2,1-3H3. The minimum Gasteiger partial charge on any atom is -0.447 e. The van der Waals surface area contributed by atoms with Crippen molar-refractivity contribution in [1.82, 2.24) is 10.1 Å². The molecule has 190 valence electrons. The Hall–Kier alpha value is -1.89. The molecule has 34 heavy (non-hydrogen) atoms. The number of aliphatic hydroxyl groups excluding tert-OH is 1. The molecule has 3 atom stereocenters. The zero-order chi connectivity index (χ0) is 24.3. The van der Waals surface area contributed by atoms with Crippen molar-refractivity contribution < 1.29 is 24.0 Å². The molecule has 0 radical (unpaired) electrons. The van der Waals surface area contributed by atoms with E-state index in [4.69, 9.17) is 9.26 Å². The van der Waals surface area contributed by atoms with Crippen LogP contribution in [0.15, 0.2) is 4.52 Å². The summed E-state index contributed by atoms with van der Waals surface area (Å²) >= 11 is 0. The van der Waals surface area contributed by atoms with Crippen molar-refractivity contribution in [2.45, 2.75) is 103 Å². The smallest absolute Gasteiger partial charge is 0.416 e. The van der Waals surface area contributed by atoms with Gasteiger partial charge in [0.05, 0.1) is 12.2 Å². The van der Waals surface area contributed by atoms with Crippen LogP contribution < -0.4 is 0 Å². The molecule has 0 bridgehead atoms. The van der Waals surface area contributed by atoms with Gasteiger partial charge in [-0.2, -0.15) is 0 Å². The van der Waals surface area contributed by atoms with Gasteiger partial charge in [-0.1, -0.05) is 38.8 Å². The Bertz CT molecular complexity index is 859. The van der Waals surface area contributed by atoms with Crippen LogP contribution in [0.3, 0.4) is 0 Å². The number of hydrogen-bond donors (Lipinski definition) is 1. The highest BCUT2D eigenvalue weighted by molar-refractivity contribution is 5.94. The Morgan fingerprint density at radius 1 is 1.24 bits per heavy atom. The van der Waals surface area contributed by atoms with Crippen LogP contribution >= 0.6 is 0 Å². The second kappa shape index (κ2) is 10.8. The molecule has 3 aliphatic rings. The largest absolute Gasteiger partial charge is 0.447 e. The second-order valence-corrected chi connectivity index (χ2v) is 11.5. The van der Waals surface area contributed by atoms with E-state index in [1.807, 2.05) is 0 Å². The van der Waals surface area contributed by atoms with E-state index in [1.165, 1.54) is 36.1 Å². The SMILES string of the molecule is CCC(C)(C)CC1CCC(c2onc(CC(CCCO)C(=O)N3CCOC3=O)c2C2CCC2)C1. The summed E-state index contributed by atoms with van der Waals surface area (Å²) in [6.45, 7) is 7.57. The second-order valence-electron chi connectivity index (χ2n) is 11.5. The average molecular weight is 475 g/mol. The molecule has 1 aromatic rings. The molecule has 2 aliphatic carbocycles. The number of ether oxygens (including phenoxy) is 1. The van der Waals surface area contributed by atoms with Gasteiger partial charge in [0.25, 0.3) is 0 Å². The maximum Gasteiger partial charge on any atom is 0.416 e. The van der Waals surface area contributed by atoms with Crippen molar-refractivity contribution in [3.05, 3.63) is 17.0 Å². The lowest BCUT2D eigenvalue weighted by Gasteiger charge is -2.28. The summed E-state index contributed by atoms with van der Waals surface area (Å²) in [7, 11) is 0. The third-order valence-corrected chi connectivity index (χ3v) is 8.58. The van der Waals surface area contributed by atoms with Crippen molar-refractivity contribution >= 4 is 12.0 Å². The van der Waals surface area contributed by atoms with E-state index in [-0.39, 0.29) is 19.1 Å². The first-order valence-corrected chi connectivity index (χ1v) is 13.4. The summed E-state index contributed by atoms with van der Waals surface area (Å²) in [6.07, 6.45) is 10.4. The van der Waals surface area contributed by atoms with E-state index >= 15 is 0 Å². The number of imide groups is 1. The molecule has 3 unspecified atom stereocenters. The zero-order valence-electron chi connectivity index (χ0n) is 21.2. The Labute approximate surface area is 203 Å². The Balaban J connectivity index is 1.52. The van der Waals surface area contributed by atoms with Crippen molar-refractivity contribution in [2.24, 2.45) is 17.3 Å². The summed E-state index contributed by atoms with van der Waals surface area (Å²) in [4.78, 5) is 26.4. The molecule has 2 heterocycles. The van der Waals surface area contributed by atoms with E-state index in [0.717, 1.165) is 43.1 Å². The number of aromatic nitrogens is 1. The summed E-state index contributed by atoms with van der Waals surface area (Å²) in [5.74, 6) is 2.04. The molecule has 2 saturated carbocycles. The topological polar surface area (TPSA) is 92.9 Å². The third-order valence-electron chi connectivity index (χ3n) is 8.58. The van der Waals surface area contributed by atoms with Crippen LogP contribution in [0, 0.1) is 17.3 Å². The van der Waals surface area contributed by atoms with Gasteiger partial charge in [-0.25, -0.2) is 9.69 Å². The lowest BCUT2D eigenvalue weighted by Crippen LogP contribution is -2.38. The van der Waals surface area contributed by atoms with E-state index in [0.29, 0.717) is 43.1 Å². The van der Waals surface area contributed by atoms with Crippen LogP contribution in [0.4, 0.5) is 4.79 Å². The van der Waals surface area contributed by atoms with E-state index in [1.54, 1.807) is 0 Å². The Kier molecular flexibility index (Phi) is 8.01. The average Bonchev–Trinajstić information content (AvgIpc) is 3.50. The van der Waals surface area contributed by atoms with Crippen LogP contribution in [-0.4, -0.2) is 46.9 Å². The quantitative estimate of drug-likeness (QED) is 0.451. The molecular weight excluding hydrogens is 432 g/mol. The molecule has 7 nitrogen and oxygen atoms in total. The molecule has 0 spiro atoms. The highest BCUT2D eigenvalue weighted by Gasteiger charge is 2.39. The molecule has 2 amide bonds. The first-order chi connectivity index (χ1) is 16.3. The molecule has 7 heteroatoms. The number of carbonyl (C=O) groups excluding carboxylic acids is 2. The molecule has 1 aliphatic heterocycles. The van der Waals surface area contributed by atoms with Gasteiger partial charge in [0.15, 0.2) is 0 Å². The number of nitrogens with zero attached hydrogens (tertiary/aromatic N) is 2. The van der Waals surface area contributed by atoms with E-state index in [2.05, 4.69) is 25.9 Å². The summed E-state index contributed by atoms with van der Waals surface area (Å²) < 4.78 is 11.0. The molecular formula is C27H42N2O5. The Morgan fingerprint density at radius 3 is 2.65 bits per heavy atom. The molecule has 1 aromatic heterocycles. The summed E-state index contributed by atoms with van der Waals surface area (Å²) in [6, 6.07) is 0. The molecule has 3 fully saturated rings. The zero-order valence-corrected chi connectivity index (χ0v) is 21.2. The molecule has 1 N–H and O–H groups in total. The van der Waals surface area contributed by atoms with Gasteiger partial charge in [0, 0.05) is 30.4 Å². The lowest BCUT2D eigenvalue weighted by atomic mass is 9.76. The third kappa shape index (κ3) is 5.50. The normalized spacial score (nSPS) is 24.4. The van der Waals surface area contributed by atoms with Gasteiger partial charge in [-0.15, -0.1) is 0 Å². The number of carbonyl (C=O) groups is 2. The van der Waals surface area contributed by atoms with Crippen LogP contribution in [0.5, 0.6) is 0 Å². The minimum absolute atomic E-state index is 0.0192. The minimum atomic E-state index is -0.564. The van der Waals surface area contributed by atoms with Gasteiger partial charge in [0.1, 0.15) is 12.4 Å². The number of cyclic esters (lactones) is 1. The predicted molar refractivity (Wildman–Crippen MR) is 128 cm³/mol. The predicted octanol–water partition coefficient (Wildman–Crippen LogP) is 5.56. The van der Waals surface area contributed by atoms with Crippen molar-refractivity contribution in [3.8, 4) is 0 Å². The highest BCUT2D eigenvalue weighted by atomic mass is 16.6. The van der Waals surface area contributed by atoms with Crippen LogP contribution in [0.25, 0.3) is 0 Å². The highest BCUT2D eigenvalue weighted by Crippen LogP contribution is 2.49. The van der Waals surface area contributed by atoms with Crippen molar-refractivity contribution in [1.29, 1.82) is 0 Å². The fraction of sp³-hybridized carbons (Fsp3) is 0.815. The number of rotatable bonds is 11. The van der Waals surface area contributed by atoms with Crippen molar-refractivity contribution in [2.75, 3.05) is 19.8 Å². The Morgan fingerprint density at radius 2 is 2.03 bits per heavy atom. The lowest BCUT2D eigenvalue weighted by molar-refractivity contribution is -0.132. The van der Waals surface area contributed by atoms with Gasteiger partial charge in [0.2, 0.25) is 5.91 Å². The van der Waals surface area contributed by atoms with E-state index < -0.39 is 12.0 Å². The first-order valence-electron chi connectivity index (χ1n) is 13.4. The van der Waals surface area contributed by atoms with Crippen LogP contribution in [0.2, 0.25) is 0 Å². The number of aliphatic hydroxyl groups is 1. The van der Waals surface area contributed by atoms with Gasteiger partial charge in [-0.3, -0.25) is 4.79 Å². The van der Waals surface area contributed by atoms with Gasteiger partial charge >= 0.3 is 6.09 Å². The number of hydrogen-bond acceptors (Lipinski definition) is 6. The summed E-state index contributed by atoms with van der Waals surface area (Å²) in [5.41, 5.74) is 2.51. The van der Waals surface area contributed by atoms with Gasteiger partial charge < -0.3 is 14.4 Å². The fourth-order valence-corrected chi connectivity index (χ4v) is 6.04. The molecule has 1 saturated heterocycles. The van der Waals surface area contributed by atoms with E-state index in [9.17, 15) is 14.7 Å².